The van der Waals surface area contributed by atoms with Crippen LogP contribution in [0.4, 0.5) is 4.79 Å². The molecule has 0 bridgehead atoms. The molecule has 2 aliphatic rings. The van der Waals surface area contributed by atoms with E-state index in [9.17, 15) is 19.5 Å². The lowest BCUT2D eigenvalue weighted by Gasteiger charge is -2.27. The van der Waals surface area contributed by atoms with Gasteiger partial charge < -0.3 is 20.5 Å². The molecule has 0 aliphatic heterocycles. The molecule has 3 atom stereocenters. The van der Waals surface area contributed by atoms with E-state index in [4.69, 9.17) is 4.74 Å². The van der Waals surface area contributed by atoms with E-state index in [1.54, 1.807) is 0 Å². The third-order valence-electron chi connectivity index (χ3n) is 6.90. The lowest BCUT2D eigenvalue weighted by molar-refractivity contribution is -0.143. The molecule has 3 N–H and O–H groups in total. The maximum absolute atomic E-state index is 12.4. The molecule has 0 heterocycles. The van der Waals surface area contributed by atoms with E-state index in [-0.39, 0.29) is 42.9 Å². The van der Waals surface area contributed by atoms with Gasteiger partial charge in [-0.3, -0.25) is 9.59 Å². The van der Waals surface area contributed by atoms with Gasteiger partial charge in [0.25, 0.3) is 0 Å². The normalized spacial score (nSPS) is 20.0. The molecule has 0 spiro atoms. The number of carbonyl (C=O) groups excluding carboxylic acids is 2. The van der Waals surface area contributed by atoms with E-state index in [0.717, 1.165) is 24.0 Å². The number of aliphatic carboxylic acids is 1. The van der Waals surface area contributed by atoms with Crippen molar-refractivity contribution in [1.29, 1.82) is 0 Å². The van der Waals surface area contributed by atoms with Crippen LogP contribution < -0.4 is 10.6 Å². The van der Waals surface area contributed by atoms with Crippen molar-refractivity contribution in [2.45, 2.75) is 63.5 Å². The van der Waals surface area contributed by atoms with Crippen molar-refractivity contribution in [3.8, 4) is 11.1 Å². The van der Waals surface area contributed by atoms with Gasteiger partial charge in [-0.1, -0.05) is 55.0 Å². The maximum atomic E-state index is 12.4. The third-order valence-corrected chi connectivity index (χ3v) is 6.90. The number of carbonyl (C=O) groups is 3. The number of benzene rings is 2. The Kier molecular flexibility index (Phi) is 7.50. The number of nitrogens with one attached hydrogen (secondary N) is 2. The number of alkyl carbamates (subject to hydrolysis) is 1. The molecule has 0 aromatic heterocycles. The Morgan fingerprint density at radius 2 is 1.68 bits per heavy atom. The van der Waals surface area contributed by atoms with Gasteiger partial charge in [0.05, 0.1) is 5.92 Å². The Morgan fingerprint density at radius 1 is 1.03 bits per heavy atom. The van der Waals surface area contributed by atoms with Crippen molar-refractivity contribution in [3.63, 3.8) is 0 Å². The highest BCUT2D eigenvalue weighted by Gasteiger charge is 2.30. The summed E-state index contributed by atoms with van der Waals surface area (Å²) in [6.45, 7) is 2.09. The molecule has 1 fully saturated rings. The summed E-state index contributed by atoms with van der Waals surface area (Å²) >= 11 is 0. The molecule has 2 amide bonds. The van der Waals surface area contributed by atoms with Gasteiger partial charge in [0.2, 0.25) is 5.91 Å². The molecule has 34 heavy (non-hydrogen) atoms. The Hall–Kier alpha value is -3.35. The number of hydrogen-bond acceptors (Lipinski definition) is 4. The lowest BCUT2D eigenvalue weighted by atomic mass is 9.85. The second kappa shape index (κ2) is 10.7. The van der Waals surface area contributed by atoms with Gasteiger partial charge in [-0.05, 0) is 54.9 Å². The zero-order valence-corrected chi connectivity index (χ0v) is 19.5. The fourth-order valence-electron chi connectivity index (χ4n) is 5.11. The topological polar surface area (TPSA) is 105 Å². The molecule has 7 nitrogen and oxygen atoms in total. The van der Waals surface area contributed by atoms with E-state index in [2.05, 4.69) is 34.9 Å². The van der Waals surface area contributed by atoms with E-state index in [0.29, 0.717) is 19.3 Å². The first-order valence-electron chi connectivity index (χ1n) is 12.1. The standard InChI is InChI=1S/C27H32N2O5/c1-17(13-14-25(30)29-19-8-6-7-18(15-19)26(31)32)28-27(33)34-16-24-22-11-4-2-9-20(22)21-10-3-5-12-23(21)24/h2-5,9-12,17-19,24H,6-8,13-16H2,1H3,(H,28,33)(H,29,30)(H,31,32)/t17?,18-,19+/m1/s1. The SMILES string of the molecule is CC(CCC(=O)N[C@H]1CCC[C@@H](C(=O)O)C1)NC(=O)OCC1c2ccccc2-c2ccccc21. The third kappa shape index (κ3) is 5.58. The van der Waals surface area contributed by atoms with Crippen LogP contribution in [-0.2, 0) is 14.3 Å². The van der Waals surface area contributed by atoms with Crippen LogP contribution in [0.5, 0.6) is 0 Å². The van der Waals surface area contributed by atoms with Gasteiger partial charge in [0.1, 0.15) is 6.61 Å². The molecular formula is C27H32N2O5. The van der Waals surface area contributed by atoms with Crippen molar-refractivity contribution in [3.05, 3.63) is 59.7 Å². The second-order valence-electron chi connectivity index (χ2n) is 9.38. The Bertz CT molecular complexity index is 1010. The van der Waals surface area contributed by atoms with E-state index in [1.807, 2.05) is 31.2 Å². The van der Waals surface area contributed by atoms with Crippen LogP contribution in [0.25, 0.3) is 11.1 Å². The number of carboxylic acid groups (broad SMARTS) is 1. The van der Waals surface area contributed by atoms with Crippen molar-refractivity contribution < 1.29 is 24.2 Å². The van der Waals surface area contributed by atoms with E-state index >= 15 is 0 Å². The van der Waals surface area contributed by atoms with E-state index < -0.39 is 12.1 Å². The fraction of sp³-hybridized carbons (Fsp3) is 0.444. The Morgan fingerprint density at radius 3 is 2.32 bits per heavy atom. The van der Waals surface area contributed by atoms with Crippen LogP contribution in [0.1, 0.15) is 62.5 Å². The first-order valence-corrected chi connectivity index (χ1v) is 12.1. The van der Waals surface area contributed by atoms with Crippen molar-refractivity contribution >= 4 is 18.0 Å². The van der Waals surface area contributed by atoms with Gasteiger partial charge in [-0.2, -0.15) is 0 Å². The van der Waals surface area contributed by atoms with Gasteiger partial charge >= 0.3 is 12.1 Å². The van der Waals surface area contributed by atoms with Gasteiger partial charge in [-0.25, -0.2) is 4.79 Å². The van der Waals surface area contributed by atoms with E-state index in [1.165, 1.54) is 11.1 Å². The molecule has 0 saturated heterocycles. The smallest absolute Gasteiger partial charge is 0.407 e. The minimum atomic E-state index is -0.792. The molecular weight excluding hydrogens is 432 g/mol. The average Bonchev–Trinajstić information content (AvgIpc) is 3.15. The predicted molar refractivity (Wildman–Crippen MR) is 128 cm³/mol. The van der Waals surface area contributed by atoms with Crippen LogP contribution in [0.15, 0.2) is 48.5 Å². The van der Waals surface area contributed by atoms with Crippen molar-refractivity contribution in [2.75, 3.05) is 6.61 Å². The lowest BCUT2D eigenvalue weighted by Crippen LogP contribution is -2.40. The minimum Gasteiger partial charge on any atom is -0.481 e. The summed E-state index contributed by atoms with van der Waals surface area (Å²) in [4.78, 5) is 35.9. The summed E-state index contributed by atoms with van der Waals surface area (Å²) in [5.74, 6) is -1.28. The average molecular weight is 465 g/mol. The summed E-state index contributed by atoms with van der Waals surface area (Å²) in [5.41, 5.74) is 4.68. The maximum Gasteiger partial charge on any atom is 0.407 e. The summed E-state index contributed by atoms with van der Waals surface area (Å²) in [5, 5.41) is 15.0. The monoisotopic (exact) mass is 464 g/mol. The number of rotatable bonds is 8. The highest BCUT2D eigenvalue weighted by molar-refractivity contribution is 5.79. The van der Waals surface area contributed by atoms with Crippen molar-refractivity contribution in [1.82, 2.24) is 10.6 Å². The second-order valence-corrected chi connectivity index (χ2v) is 9.38. The van der Waals surface area contributed by atoms with Gasteiger partial charge in [0.15, 0.2) is 0 Å². The summed E-state index contributed by atoms with van der Waals surface area (Å²) in [7, 11) is 0. The summed E-state index contributed by atoms with van der Waals surface area (Å²) in [6, 6.07) is 16.1. The van der Waals surface area contributed by atoms with Crippen LogP contribution in [-0.4, -0.2) is 41.8 Å². The molecule has 4 rings (SSSR count). The van der Waals surface area contributed by atoms with Crippen LogP contribution in [0.3, 0.4) is 0 Å². The molecule has 2 aromatic rings. The highest BCUT2D eigenvalue weighted by atomic mass is 16.5. The predicted octanol–water partition coefficient (Wildman–Crippen LogP) is 4.45. The number of amides is 2. The Labute approximate surface area is 199 Å². The highest BCUT2D eigenvalue weighted by Crippen LogP contribution is 2.44. The minimum absolute atomic E-state index is 0.00403. The molecule has 1 saturated carbocycles. The first kappa shape index (κ1) is 23.8. The molecule has 2 aliphatic carbocycles. The summed E-state index contributed by atoms with van der Waals surface area (Å²) in [6.07, 6.45) is 3.01. The number of ether oxygens (including phenoxy) is 1. The largest absolute Gasteiger partial charge is 0.481 e. The molecule has 2 aromatic carbocycles. The molecule has 7 heteroatoms. The van der Waals surface area contributed by atoms with Crippen LogP contribution in [0.2, 0.25) is 0 Å². The fourth-order valence-corrected chi connectivity index (χ4v) is 5.11. The van der Waals surface area contributed by atoms with Gasteiger partial charge in [-0.15, -0.1) is 0 Å². The van der Waals surface area contributed by atoms with Crippen LogP contribution >= 0.6 is 0 Å². The zero-order valence-electron chi connectivity index (χ0n) is 19.5. The quantitative estimate of drug-likeness (QED) is 0.535. The molecule has 0 radical (unpaired) electrons. The number of carboxylic acids is 1. The molecule has 1 unspecified atom stereocenters. The first-order chi connectivity index (χ1) is 16.4. The number of hydrogen-bond donors (Lipinski definition) is 3. The Balaban J connectivity index is 1.21. The summed E-state index contributed by atoms with van der Waals surface area (Å²) < 4.78 is 5.57. The van der Waals surface area contributed by atoms with Gasteiger partial charge in [0, 0.05) is 24.4 Å². The van der Waals surface area contributed by atoms with Crippen LogP contribution in [0, 0.1) is 5.92 Å². The number of fused-ring (bicyclic) bond motifs is 3. The molecule has 180 valence electrons. The zero-order chi connectivity index (χ0) is 24.1. The van der Waals surface area contributed by atoms with Crippen molar-refractivity contribution in [2.24, 2.45) is 5.92 Å².